The van der Waals surface area contributed by atoms with E-state index < -0.39 is 0 Å². The summed E-state index contributed by atoms with van der Waals surface area (Å²) in [6.07, 6.45) is 1.80. The second-order valence-corrected chi connectivity index (χ2v) is 4.26. The van der Waals surface area contributed by atoms with Crippen LogP contribution < -0.4 is 0 Å². The molecule has 0 amide bonds. The van der Waals surface area contributed by atoms with Gasteiger partial charge in [0.25, 0.3) is 0 Å². The van der Waals surface area contributed by atoms with E-state index in [-0.39, 0.29) is 6.61 Å². The lowest BCUT2D eigenvalue weighted by Crippen LogP contribution is -1.88. The first-order chi connectivity index (χ1) is 8.86. The van der Waals surface area contributed by atoms with E-state index in [1.165, 1.54) is 10.8 Å². The average molecular weight is 235 g/mol. The predicted molar refractivity (Wildman–Crippen MR) is 73.1 cm³/mol. The summed E-state index contributed by atoms with van der Waals surface area (Å²) < 4.78 is 0. The molecule has 2 nitrogen and oxygen atoms in total. The quantitative estimate of drug-likeness (QED) is 0.738. The fraction of sp³-hybridized carbons (Fsp3) is 0.0625. The second kappa shape index (κ2) is 4.59. The third-order valence-corrected chi connectivity index (χ3v) is 3.07. The molecule has 2 heteroatoms. The first kappa shape index (κ1) is 10.9. The zero-order chi connectivity index (χ0) is 12.4. The average Bonchev–Trinajstić information content (AvgIpc) is 2.47. The molecule has 0 saturated heterocycles. The standard InChI is InChI=1S/C16H13NO/c18-11-16-8-7-15(10-17-16)14-6-5-12-3-1-2-4-13(12)9-14/h1-10,18H,11H2. The van der Waals surface area contributed by atoms with Crippen LogP contribution in [0.3, 0.4) is 0 Å². The van der Waals surface area contributed by atoms with Crippen molar-refractivity contribution in [3.8, 4) is 11.1 Å². The number of aromatic nitrogens is 1. The number of hydrogen-bond donors (Lipinski definition) is 1. The number of hydrogen-bond acceptors (Lipinski definition) is 2. The third kappa shape index (κ3) is 1.98. The van der Waals surface area contributed by atoms with Gasteiger partial charge in [-0.2, -0.15) is 0 Å². The number of aliphatic hydroxyl groups is 1. The van der Waals surface area contributed by atoms with Crippen molar-refractivity contribution in [2.24, 2.45) is 0 Å². The van der Waals surface area contributed by atoms with Crippen molar-refractivity contribution in [3.05, 3.63) is 66.5 Å². The summed E-state index contributed by atoms with van der Waals surface area (Å²) >= 11 is 0. The smallest absolute Gasteiger partial charge is 0.0852 e. The lowest BCUT2D eigenvalue weighted by atomic mass is 10.0. The van der Waals surface area contributed by atoms with Crippen LogP contribution in [0, 0.1) is 0 Å². The summed E-state index contributed by atoms with van der Waals surface area (Å²) in [5, 5.41) is 11.4. The van der Waals surface area contributed by atoms with Crippen LogP contribution in [-0.2, 0) is 6.61 Å². The summed E-state index contributed by atoms with van der Waals surface area (Å²) in [7, 11) is 0. The largest absolute Gasteiger partial charge is 0.390 e. The molecule has 3 rings (SSSR count). The van der Waals surface area contributed by atoms with Crippen molar-refractivity contribution in [1.82, 2.24) is 4.98 Å². The molecule has 18 heavy (non-hydrogen) atoms. The number of pyridine rings is 1. The van der Waals surface area contributed by atoms with Crippen molar-refractivity contribution in [3.63, 3.8) is 0 Å². The third-order valence-electron chi connectivity index (χ3n) is 3.07. The topological polar surface area (TPSA) is 33.1 Å². The molecular formula is C16H13NO. The zero-order valence-corrected chi connectivity index (χ0v) is 9.88. The summed E-state index contributed by atoms with van der Waals surface area (Å²) in [6, 6.07) is 18.5. The minimum atomic E-state index is -0.0159. The fourth-order valence-electron chi connectivity index (χ4n) is 2.06. The molecule has 88 valence electrons. The maximum absolute atomic E-state index is 8.98. The van der Waals surface area contributed by atoms with Gasteiger partial charge in [0.2, 0.25) is 0 Å². The van der Waals surface area contributed by atoms with Gasteiger partial charge in [-0.3, -0.25) is 4.98 Å². The van der Waals surface area contributed by atoms with E-state index in [1.807, 2.05) is 24.3 Å². The molecule has 0 bridgehead atoms. The number of aliphatic hydroxyl groups excluding tert-OH is 1. The molecule has 0 atom stereocenters. The first-order valence-electron chi connectivity index (χ1n) is 5.92. The van der Waals surface area contributed by atoms with Gasteiger partial charge in [0, 0.05) is 11.8 Å². The molecule has 1 aromatic heterocycles. The molecule has 0 aliphatic rings. The van der Waals surface area contributed by atoms with Crippen molar-refractivity contribution in [2.75, 3.05) is 0 Å². The molecule has 3 aromatic rings. The highest BCUT2D eigenvalue weighted by Gasteiger charge is 2.00. The van der Waals surface area contributed by atoms with E-state index in [2.05, 4.69) is 35.3 Å². The molecule has 0 saturated carbocycles. The van der Waals surface area contributed by atoms with Gasteiger partial charge in [0.15, 0.2) is 0 Å². The van der Waals surface area contributed by atoms with Crippen LogP contribution in [0.25, 0.3) is 21.9 Å². The lowest BCUT2D eigenvalue weighted by Gasteiger charge is -2.04. The molecule has 1 heterocycles. The van der Waals surface area contributed by atoms with E-state index in [0.29, 0.717) is 5.69 Å². The summed E-state index contributed by atoms with van der Waals surface area (Å²) in [6.45, 7) is -0.0159. The Labute approximate surface area is 106 Å². The molecule has 0 unspecified atom stereocenters. The van der Waals surface area contributed by atoms with Crippen LogP contribution in [0.5, 0.6) is 0 Å². The predicted octanol–water partition coefficient (Wildman–Crippen LogP) is 3.39. The van der Waals surface area contributed by atoms with Gasteiger partial charge >= 0.3 is 0 Å². The molecule has 1 N–H and O–H groups in total. The Balaban J connectivity index is 2.07. The number of nitrogens with zero attached hydrogens (tertiary/aromatic N) is 1. The van der Waals surface area contributed by atoms with Gasteiger partial charge in [0.1, 0.15) is 0 Å². The van der Waals surface area contributed by atoms with Crippen molar-refractivity contribution in [1.29, 1.82) is 0 Å². The Morgan fingerprint density at radius 3 is 2.33 bits per heavy atom. The zero-order valence-electron chi connectivity index (χ0n) is 9.88. The van der Waals surface area contributed by atoms with Gasteiger partial charge in [-0.15, -0.1) is 0 Å². The first-order valence-corrected chi connectivity index (χ1v) is 5.92. The van der Waals surface area contributed by atoms with Gasteiger partial charge < -0.3 is 5.11 Å². The van der Waals surface area contributed by atoms with Crippen LogP contribution >= 0.6 is 0 Å². The highest BCUT2D eigenvalue weighted by molar-refractivity contribution is 5.87. The van der Waals surface area contributed by atoms with Crippen molar-refractivity contribution in [2.45, 2.75) is 6.61 Å². The van der Waals surface area contributed by atoms with Gasteiger partial charge in [-0.1, -0.05) is 42.5 Å². The minimum Gasteiger partial charge on any atom is -0.390 e. The molecular weight excluding hydrogens is 222 g/mol. The molecule has 0 spiro atoms. The summed E-state index contributed by atoms with van der Waals surface area (Å²) in [5.74, 6) is 0. The van der Waals surface area contributed by atoms with Crippen LogP contribution in [0.2, 0.25) is 0 Å². The fourth-order valence-corrected chi connectivity index (χ4v) is 2.06. The summed E-state index contributed by atoms with van der Waals surface area (Å²) in [4.78, 5) is 4.20. The maximum Gasteiger partial charge on any atom is 0.0852 e. The van der Waals surface area contributed by atoms with E-state index in [1.54, 1.807) is 6.20 Å². The van der Waals surface area contributed by atoms with Crippen LogP contribution in [0.15, 0.2) is 60.8 Å². The lowest BCUT2D eigenvalue weighted by molar-refractivity contribution is 0.277. The van der Waals surface area contributed by atoms with Crippen LogP contribution in [-0.4, -0.2) is 10.1 Å². The van der Waals surface area contributed by atoms with Crippen LogP contribution in [0.4, 0.5) is 0 Å². The second-order valence-electron chi connectivity index (χ2n) is 4.26. The van der Waals surface area contributed by atoms with Crippen molar-refractivity contribution >= 4 is 10.8 Å². The number of benzene rings is 2. The van der Waals surface area contributed by atoms with E-state index in [4.69, 9.17) is 5.11 Å². The monoisotopic (exact) mass is 235 g/mol. The Hall–Kier alpha value is -2.19. The highest BCUT2D eigenvalue weighted by atomic mass is 16.3. The number of fused-ring (bicyclic) bond motifs is 1. The van der Waals surface area contributed by atoms with Gasteiger partial charge in [-0.05, 0) is 28.5 Å². The van der Waals surface area contributed by atoms with Crippen molar-refractivity contribution < 1.29 is 5.11 Å². The van der Waals surface area contributed by atoms with E-state index >= 15 is 0 Å². The van der Waals surface area contributed by atoms with E-state index in [9.17, 15) is 0 Å². The van der Waals surface area contributed by atoms with Gasteiger partial charge in [-0.25, -0.2) is 0 Å². The Kier molecular flexibility index (Phi) is 2.79. The normalized spacial score (nSPS) is 10.7. The Morgan fingerprint density at radius 2 is 1.61 bits per heavy atom. The Bertz CT molecular complexity index is 674. The molecule has 0 aliphatic carbocycles. The van der Waals surface area contributed by atoms with Crippen LogP contribution in [0.1, 0.15) is 5.69 Å². The SMILES string of the molecule is OCc1ccc(-c2ccc3ccccc3c2)cn1. The minimum absolute atomic E-state index is 0.0159. The molecule has 2 aromatic carbocycles. The molecule has 0 aliphatic heterocycles. The Morgan fingerprint density at radius 1 is 0.833 bits per heavy atom. The van der Waals surface area contributed by atoms with Gasteiger partial charge in [0.05, 0.1) is 12.3 Å². The maximum atomic E-state index is 8.98. The summed E-state index contributed by atoms with van der Waals surface area (Å²) in [5.41, 5.74) is 2.91. The highest BCUT2D eigenvalue weighted by Crippen LogP contribution is 2.23. The number of rotatable bonds is 2. The molecule has 0 fully saturated rings. The molecule has 0 radical (unpaired) electrons. The van der Waals surface area contributed by atoms with E-state index in [0.717, 1.165) is 11.1 Å².